The number of hydrogen-bond donors (Lipinski definition) is 2. The number of benzene rings is 3. The third kappa shape index (κ3) is 5.03. The summed E-state index contributed by atoms with van der Waals surface area (Å²) in [4.78, 5) is 41.0. The van der Waals surface area contributed by atoms with E-state index in [1.165, 1.54) is 17.0 Å². The Morgan fingerprint density at radius 2 is 1.49 bits per heavy atom. The molecule has 3 amide bonds. The van der Waals surface area contributed by atoms with Crippen LogP contribution in [0.5, 0.6) is 0 Å². The number of hydrogen-bond acceptors (Lipinski definition) is 3. The molecule has 0 bridgehead atoms. The Morgan fingerprint density at radius 3 is 2.17 bits per heavy atom. The van der Waals surface area contributed by atoms with Gasteiger partial charge in [0, 0.05) is 12.6 Å². The maximum absolute atomic E-state index is 13.5. The lowest BCUT2D eigenvalue weighted by atomic mass is 9.93. The van der Waals surface area contributed by atoms with E-state index in [2.05, 4.69) is 5.32 Å². The highest BCUT2D eigenvalue weighted by Gasteiger charge is 2.38. The fourth-order valence-electron chi connectivity index (χ4n) is 4.16. The predicted octanol–water partition coefficient (Wildman–Crippen LogP) is 3.95. The Kier molecular flexibility index (Phi) is 6.59. The molecule has 2 atom stereocenters. The molecule has 0 saturated heterocycles. The Hall–Kier alpha value is -4.14. The van der Waals surface area contributed by atoms with Gasteiger partial charge in [0.2, 0.25) is 11.8 Å². The average molecular weight is 481 g/mol. The fraction of sp³-hybridized carbons (Fsp3) is 0.192. The third-order valence-electron chi connectivity index (χ3n) is 5.81. The van der Waals surface area contributed by atoms with E-state index in [1.54, 1.807) is 54.8 Å². The van der Waals surface area contributed by atoms with Crippen molar-refractivity contribution in [2.75, 3.05) is 18.5 Å². The van der Waals surface area contributed by atoms with Gasteiger partial charge in [0.15, 0.2) is 0 Å². The third-order valence-corrected chi connectivity index (χ3v) is 5.81. The van der Waals surface area contributed by atoms with Crippen LogP contribution in [0.15, 0.2) is 78.9 Å². The Bertz CT molecular complexity index is 1260. The number of nitrogens with zero attached hydrogens (tertiary/aromatic N) is 1. The van der Waals surface area contributed by atoms with Crippen molar-refractivity contribution in [3.63, 3.8) is 0 Å². The van der Waals surface area contributed by atoms with E-state index < -0.39 is 42.4 Å². The van der Waals surface area contributed by atoms with Gasteiger partial charge in [0.1, 0.15) is 18.5 Å². The van der Waals surface area contributed by atoms with Crippen LogP contribution in [0.4, 0.5) is 18.9 Å². The summed E-state index contributed by atoms with van der Waals surface area (Å²) in [6, 6.07) is 20.9. The summed E-state index contributed by atoms with van der Waals surface area (Å²) in [6.07, 6.45) is -4.64. The van der Waals surface area contributed by atoms with Gasteiger partial charge in [-0.3, -0.25) is 14.4 Å². The topological polar surface area (TPSA) is 78.5 Å². The molecule has 0 aromatic heterocycles. The molecule has 6 nitrogen and oxygen atoms in total. The Balaban J connectivity index is 1.71. The number of alkyl halides is 3. The number of nitrogens with one attached hydrogen (secondary N) is 2. The zero-order chi connectivity index (χ0) is 25.2. The number of halogens is 3. The molecule has 0 fully saturated rings. The van der Waals surface area contributed by atoms with Crippen molar-refractivity contribution in [2.45, 2.75) is 18.1 Å². The van der Waals surface area contributed by atoms with Crippen molar-refractivity contribution < 1.29 is 27.6 Å². The molecule has 4 rings (SSSR count). The summed E-state index contributed by atoms with van der Waals surface area (Å²) in [7, 11) is 1.58. The van der Waals surface area contributed by atoms with Gasteiger partial charge in [-0.2, -0.15) is 13.2 Å². The number of amides is 3. The van der Waals surface area contributed by atoms with Crippen molar-refractivity contribution in [3.05, 3.63) is 90.0 Å². The maximum Gasteiger partial charge on any atom is 0.405 e. The first-order valence-electron chi connectivity index (χ1n) is 10.8. The number of anilines is 1. The minimum Gasteiger partial charge on any atom is -0.346 e. The van der Waals surface area contributed by atoms with Crippen LogP contribution >= 0.6 is 0 Å². The highest BCUT2D eigenvalue weighted by atomic mass is 19.4. The molecule has 35 heavy (non-hydrogen) atoms. The molecule has 2 N–H and O–H groups in total. The minimum atomic E-state index is -4.64. The highest BCUT2D eigenvalue weighted by Crippen LogP contribution is 2.39. The van der Waals surface area contributed by atoms with E-state index in [0.717, 1.165) is 11.1 Å². The second kappa shape index (κ2) is 9.61. The molecule has 1 aliphatic rings. The fourth-order valence-corrected chi connectivity index (χ4v) is 4.16. The van der Waals surface area contributed by atoms with Crippen molar-refractivity contribution >= 4 is 23.4 Å². The summed E-state index contributed by atoms with van der Waals surface area (Å²) < 4.78 is 38.2. The van der Waals surface area contributed by atoms with E-state index >= 15 is 0 Å². The SMILES string of the molecule is CN1C(=O)[C@H](NC(=O)[C@H](C(=O)NCC(F)(F)F)c2ccccc2)c2ccccc2-c2ccccc21. The zero-order valence-electron chi connectivity index (χ0n) is 18.7. The lowest BCUT2D eigenvalue weighted by Gasteiger charge is -2.25. The molecular formula is C26H22F3N3O3. The lowest BCUT2D eigenvalue weighted by Crippen LogP contribution is -2.46. The Morgan fingerprint density at radius 1 is 0.886 bits per heavy atom. The number of carbonyl (C=O) groups excluding carboxylic acids is 3. The summed E-state index contributed by atoms with van der Waals surface area (Å²) >= 11 is 0. The molecule has 9 heteroatoms. The summed E-state index contributed by atoms with van der Waals surface area (Å²) in [5, 5.41) is 4.42. The smallest absolute Gasteiger partial charge is 0.346 e. The number of fused-ring (bicyclic) bond motifs is 3. The van der Waals surface area contributed by atoms with Crippen molar-refractivity contribution in [1.82, 2.24) is 10.6 Å². The van der Waals surface area contributed by atoms with Gasteiger partial charge >= 0.3 is 6.18 Å². The van der Waals surface area contributed by atoms with Crippen molar-refractivity contribution in [1.29, 1.82) is 0 Å². The number of carbonyl (C=O) groups is 3. The second-order valence-corrected chi connectivity index (χ2v) is 8.12. The molecule has 180 valence electrons. The molecule has 3 aromatic rings. The molecule has 3 aromatic carbocycles. The maximum atomic E-state index is 13.5. The molecular weight excluding hydrogens is 459 g/mol. The van der Waals surface area contributed by atoms with Gasteiger partial charge in [-0.1, -0.05) is 72.8 Å². The largest absolute Gasteiger partial charge is 0.405 e. The van der Waals surface area contributed by atoms with Gasteiger partial charge in [0.25, 0.3) is 5.91 Å². The van der Waals surface area contributed by atoms with E-state index in [0.29, 0.717) is 11.3 Å². The van der Waals surface area contributed by atoms with Crippen LogP contribution < -0.4 is 15.5 Å². The van der Waals surface area contributed by atoms with Crippen LogP contribution in [-0.4, -0.2) is 37.5 Å². The molecule has 0 radical (unpaired) electrons. The van der Waals surface area contributed by atoms with E-state index in [1.807, 2.05) is 24.3 Å². The number of likely N-dealkylation sites (N-methyl/N-ethyl adjacent to an activating group) is 1. The Labute approximate surface area is 199 Å². The lowest BCUT2D eigenvalue weighted by molar-refractivity contribution is -0.142. The van der Waals surface area contributed by atoms with E-state index in [9.17, 15) is 27.6 Å². The van der Waals surface area contributed by atoms with Crippen LogP contribution in [0.3, 0.4) is 0 Å². The molecule has 0 unspecified atom stereocenters. The molecule has 1 heterocycles. The standard InChI is InChI=1S/C26H22F3N3O3/c1-32-20-14-8-7-12-18(20)17-11-5-6-13-19(17)22(25(32)35)31-24(34)21(16-9-3-2-4-10-16)23(33)30-15-26(27,28)29/h2-14,21-22H,15H2,1H3,(H,30,33)(H,31,34)/t21-,22+/m0/s1. The first-order chi connectivity index (χ1) is 16.7. The molecule has 1 aliphatic heterocycles. The van der Waals surface area contributed by atoms with Crippen LogP contribution in [0.25, 0.3) is 11.1 Å². The van der Waals surface area contributed by atoms with Crippen molar-refractivity contribution in [3.8, 4) is 11.1 Å². The normalized spacial score (nSPS) is 15.9. The average Bonchev–Trinajstić information content (AvgIpc) is 2.93. The highest BCUT2D eigenvalue weighted by molar-refractivity contribution is 6.10. The van der Waals surface area contributed by atoms with E-state index in [4.69, 9.17) is 0 Å². The summed E-state index contributed by atoms with van der Waals surface area (Å²) in [5.41, 5.74) is 2.88. The first kappa shape index (κ1) is 24.0. The monoisotopic (exact) mass is 481 g/mol. The number of rotatable bonds is 5. The predicted molar refractivity (Wildman–Crippen MR) is 124 cm³/mol. The summed E-state index contributed by atoms with van der Waals surface area (Å²) in [5.74, 6) is -4.03. The molecule has 0 spiro atoms. The minimum absolute atomic E-state index is 0.204. The first-order valence-corrected chi connectivity index (χ1v) is 10.8. The molecule has 0 aliphatic carbocycles. The van der Waals surface area contributed by atoms with Crippen LogP contribution in [0.2, 0.25) is 0 Å². The molecule has 0 saturated carbocycles. The summed E-state index contributed by atoms with van der Waals surface area (Å²) in [6.45, 7) is -1.58. The van der Waals surface area contributed by atoms with Crippen LogP contribution in [0, 0.1) is 0 Å². The second-order valence-electron chi connectivity index (χ2n) is 8.12. The van der Waals surface area contributed by atoms with Crippen LogP contribution in [-0.2, 0) is 14.4 Å². The van der Waals surface area contributed by atoms with Gasteiger partial charge in [-0.05, 0) is 22.8 Å². The van der Waals surface area contributed by atoms with Gasteiger partial charge in [0.05, 0.1) is 5.69 Å². The van der Waals surface area contributed by atoms with Crippen LogP contribution in [0.1, 0.15) is 23.1 Å². The quantitative estimate of drug-likeness (QED) is 0.542. The number of para-hydroxylation sites is 1. The van der Waals surface area contributed by atoms with Gasteiger partial charge in [-0.25, -0.2) is 0 Å². The zero-order valence-corrected chi connectivity index (χ0v) is 18.7. The van der Waals surface area contributed by atoms with E-state index in [-0.39, 0.29) is 5.56 Å². The van der Waals surface area contributed by atoms with Crippen molar-refractivity contribution in [2.24, 2.45) is 0 Å². The van der Waals surface area contributed by atoms with Gasteiger partial charge < -0.3 is 15.5 Å². The van der Waals surface area contributed by atoms with Gasteiger partial charge in [-0.15, -0.1) is 0 Å².